The Morgan fingerprint density at radius 2 is 2.17 bits per heavy atom. The van der Waals surface area contributed by atoms with Crippen LogP contribution in [0, 0.1) is 17.0 Å². The minimum atomic E-state index is -1.19. The van der Waals surface area contributed by atoms with Crippen LogP contribution in [0.1, 0.15) is 18.1 Å². The predicted octanol–water partition coefficient (Wildman–Crippen LogP) is 2.99. The number of nitro benzene ring substituents is 1. The van der Waals surface area contributed by atoms with E-state index in [0.29, 0.717) is 16.8 Å². The molecule has 0 aliphatic carbocycles. The van der Waals surface area contributed by atoms with Gasteiger partial charge in [0.15, 0.2) is 0 Å². The van der Waals surface area contributed by atoms with Gasteiger partial charge in [0.05, 0.1) is 17.2 Å². The molecule has 0 saturated heterocycles. The molecule has 0 radical (unpaired) electrons. The average molecular weight is 335 g/mol. The monoisotopic (exact) mass is 335 g/mol. The molecule has 0 aliphatic heterocycles. The van der Waals surface area contributed by atoms with Crippen LogP contribution in [-0.2, 0) is 5.60 Å². The van der Waals surface area contributed by atoms with Crippen molar-refractivity contribution in [3.05, 3.63) is 56.3 Å². The second-order valence-electron chi connectivity index (χ2n) is 5.35. The lowest BCUT2D eigenvalue weighted by atomic mass is 9.99. The maximum atomic E-state index is 12.0. The van der Waals surface area contributed by atoms with Gasteiger partial charge in [-0.05, 0) is 41.8 Å². The smallest absolute Gasteiger partial charge is 0.319 e. The summed E-state index contributed by atoms with van der Waals surface area (Å²) < 4.78 is 0. The lowest BCUT2D eigenvalue weighted by Crippen LogP contribution is -2.40. The van der Waals surface area contributed by atoms with E-state index in [4.69, 9.17) is 0 Å². The highest BCUT2D eigenvalue weighted by atomic mass is 32.1. The average Bonchev–Trinajstić information content (AvgIpc) is 3.02. The second kappa shape index (κ2) is 6.76. The fourth-order valence-corrected chi connectivity index (χ4v) is 2.73. The number of aliphatic hydroxyl groups is 1. The molecule has 0 aliphatic rings. The zero-order chi connectivity index (χ0) is 17.0. The highest BCUT2D eigenvalue weighted by Crippen LogP contribution is 2.23. The van der Waals surface area contributed by atoms with Gasteiger partial charge in [0.1, 0.15) is 5.60 Å². The van der Waals surface area contributed by atoms with Crippen LogP contribution in [0.5, 0.6) is 0 Å². The number of nitrogens with zero attached hydrogens (tertiary/aromatic N) is 1. The van der Waals surface area contributed by atoms with Crippen LogP contribution >= 0.6 is 11.3 Å². The molecular formula is C15H17N3O4S. The molecule has 0 saturated carbocycles. The lowest BCUT2D eigenvalue weighted by Gasteiger charge is -2.23. The van der Waals surface area contributed by atoms with E-state index in [0.717, 1.165) is 0 Å². The van der Waals surface area contributed by atoms with Crippen LogP contribution in [0.3, 0.4) is 0 Å². The van der Waals surface area contributed by atoms with Crippen molar-refractivity contribution in [3.8, 4) is 0 Å². The summed E-state index contributed by atoms with van der Waals surface area (Å²) in [6, 6.07) is 5.49. The van der Waals surface area contributed by atoms with E-state index < -0.39 is 16.6 Å². The first kappa shape index (κ1) is 16.9. The molecule has 1 atom stereocenters. The fourth-order valence-electron chi connectivity index (χ4n) is 1.95. The molecular weight excluding hydrogens is 318 g/mol. The standard InChI is InChI=1S/C15H17N3O4S/c1-10-3-4-12(18(21)22)7-13(10)17-14(19)16-9-15(2,20)11-5-6-23-8-11/h3-8,20H,9H2,1-2H3,(H2,16,17,19)/t15-/m0/s1. The molecule has 0 fully saturated rings. The summed E-state index contributed by atoms with van der Waals surface area (Å²) in [7, 11) is 0. The highest BCUT2D eigenvalue weighted by molar-refractivity contribution is 7.08. The minimum absolute atomic E-state index is 0.0174. The van der Waals surface area contributed by atoms with Crippen molar-refractivity contribution in [1.29, 1.82) is 0 Å². The number of carbonyl (C=O) groups is 1. The Kier molecular flexibility index (Phi) is 4.97. The summed E-state index contributed by atoms with van der Waals surface area (Å²) >= 11 is 1.46. The lowest BCUT2D eigenvalue weighted by molar-refractivity contribution is -0.384. The van der Waals surface area contributed by atoms with E-state index in [1.54, 1.807) is 26.0 Å². The number of benzene rings is 1. The summed E-state index contributed by atoms with van der Waals surface area (Å²) in [5.41, 5.74) is 0.488. The minimum Gasteiger partial charge on any atom is -0.384 e. The third kappa shape index (κ3) is 4.27. The van der Waals surface area contributed by atoms with Crippen LogP contribution in [0.25, 0.3) is 0 Å². The number of aryl methyl sites for hydroxylation is 1. The van der Waals surface area contributed by atoms with Gasteiger partial charge in [-0.1, -0.05) is 6.07 Å². The van der Waals surface area contributed by atoms with Crippen LogP contribution in [0.2, 0.25) is 0 Å². The van der Waals surface area contributed by atoms with Gasteiger partial charge in [-0.25, -0.2) is 4.79 Å². The molecule has 122 valence electrons. The number of nitrogens with one attached hydrogen (secondary N) is 2. The van der Waals surface area contributed by atoms with Gasteiger partial charge in [0.25, 0.3) is 5.69 Å². The highest BCUT2D eigenvalue weighted by Gasteiger charge is 2.24. The molecule has 7 nitrogen and oxygen atoms in total. The zero-order valence-electron chi connectivity index (χ0n) is 12.7. The van der Waals surface area contributed by atoms with Gasteiger partial charge in [-0.2, -0.15) is 11.3 Å². The van der Waals surface area contributed by atoms with Crippen LogP contribution in [0.4, 0.5) is 16.2 Å². The molecule has 1 heterocycles. The number of thiophene rings is 1. The molecule has 0 spiro atoms. The van der Waals surface area contributed by atoms with Crippen LogP contribution < -0.4 is 10.6 Å². The van der Waals surface area contributed by atoms with E-state index in [2.05, 4.69) is 10.6 Å². The molecule has 3 N–H and O–H groups in total. The van der Waals surface area contributed by atoms with E-state index in [9.17, 15) is 20.0 Å². The quantitative estimate of drug-likeness (QED) is 0.577. The first-order valence-corrected chi connectivity index (χ1v) is 7.79. The van der Waals surface area contributed by atoms with Gasteiger partial charge >= 0.3 is 6.03 Å². The number of nitro groups is 1. The molecule has 0 unspecified atom stereocenters. The summed E-state index contributed by atoms with van der Waals surface area (Å²) in [5.74, 6) is 0. The number of urea groups is 1. The van der Waals surface area contributed by atoms with Crippen molar-refractivity contribution in [2.45, 2.75) is 19.4 Å². The Morgan fingerprint density at radius 3 is 2.78 bits per heavy atom. The molecule has 2 rings (SSSR count). The summed E-state index contributed by atoms with van der Waals surface area (Å²) in [4.78, 5) is 22.2. The SMILES string of the molecule is Cc1ccc([N+](=O)[O-])cc1NC(=O)NC[C@](C)(O)c1ccsc1. The third-order valence-electron chi connectivity index (χ3n) is 3.42. The topological polar surface area (TPSA) is 105 Å². The van der Waals surface area contributed by atoms with E-state index in [1.807, 2.05) is 10.8 Å². The Morgan fingerprint density at radius 1 is 1.43 bits per heavy atom. The van der Waals surface area contributed by atoms with Crippen LogP contribution in [0.15, 0.2) is 35.0 Å². The van der Waals surface area contributed by atoms with E-state index in [1.165, 1.54) is 23.5 Å². The number of non-ortho nitro benzene ring substituents is 1. The van der Waals surface area contributed by atoms with Crippen molar-refractivity contribution >= 4 is 28.7 Å². The summed E-state index contributed by atoms with van der Waals surface area (Å²) in [6.07, 6.45) is 0. The third-order valence-corrected chi connectivity index (χ3v) is 4.10. The molecule has 1 aromatic heterocycles. The van der Waals surface area contributed by atoms with Gasteiger partial charge < -0.3 is 15.7 Å². The van der Waals surface area contributed by atoms with Gasteiger partial charge in [-0.15, -0.1) is 0 Å². The predicted molar refractivity (Wildman–Crippen MR) is 88.7 cm³/mol. The normalized spacial score (nSPS) is 13.2. The van der Waals surface area contributed by atoms with Crippen molar-refractivity contribution < 1.29 is 14.8 Å². The van der Waals surface area contributed by atoms with Crippen molar-refractivity contribution in [1.82, 2.24) is 5.32 Å². The van der Waals surface area contributed by atoms with Gasteiger partial charge in [0.2, 0.25) is 0 Å². The Hall–Kier alpha value is -2.45. The number of hydrogen-bond acceptors (Lipinski definition) is 5. The molecule has 1 aromatic carbocycles. The summed E-state index contributed by atoms with van der Waals surface area (Å²) in [6.45, 7) is 3.36. The maximum Gasteiger partial charge on any atom is 0.319 e. The Balaban J connectivity index is 2.00. The largest absolute Gasteiger partial charge is 0.384 e. The van der Waals surface area contributed by atoms with E-state index in [-0.39, 0.29) is 12.2 Å². The van der Waals surface area contributed by atoms with Crippen molar-refractivity contribution in [2.24, 2.45) is 0 Å². The number of hydrogen-bond donors (Lipinski definition) is 3. The van der Waals surface area contributed by atoms with Gasteiger partial charge in [-0.3, -0.25) is 10.1 Å². The molecule has 2 amide bonds. The molecule has 8 heteroatoms. The number of amides is 2. The Bertz CT molecular complexity index is 714. The fraction of sp³-hybridized carbons (Fsp3) is 0.267. The molecule has 23 heavy (non-hydrogen) atoms. The first-order chi connectivity index (χ1) is 10.8. The maximum absolute atomic E-state index is 12.0. The van der Waals surface area contributed by atoms with Crippen LogP contribution in [-0.4, -0.2) is 22.6 Å². The first-order valence-electron chi connectivity index (χ1n) is 6.84. The second-order valence-corrected chi connectivity index (χ2v) is 6.13. The van der Waals surface area contributed by atoms with Crippen molar-refractivity contribution in [3.63, 3.8) is 0 Å². The molecule has 0 bridgehead atoms. The Labute approximate surface area is 137 Å². The number of anilines is 1. The zero-order valence-corrected chi connectivity index (χ0v) is 13.5. The summed E-state index contributed by atoms with van der Waals surface area (Å²) in [5, 5.41) is 29.9. The van der Waals surface area contributed by atoms with E-state index >= 15 is 0 Å². The van der Waals surface area contributed by atoms with Gasteiger partial charge in [0, 0.05) is 12.1 Å². The molecule has 2 aromatic rings. The number of rotatable bonds is 5. The van der Waals surface area contributed by atoms with Crippen molar-refractivity contribution in [2.75, 3.05) is 11.9 Å². The number of carbonyl (C=O) groups excluding carboxylic acids is 1.